The molecular formula is C9H8ClF3O3S. The van der Waals surface area contributed by atoms with Gasteiger partial charge in [0.05, 0.1) is 11.3 Å². The lowest BCUT2D eigenvalue weighted by Crippen LogP contribution is -2.08. The summed E-state index contributed by atoms with van der Waals surface area (Å²) in [6, 6.07) is 2.63. The smallest absolute Gasteiger partial charge is 0.286 e. The summed E-state index contributed by atoms with van der Waals surface area (Å²) in [5.41, 5.74) is -0.671. The first-order valence-electron chi connectivity index (χ1n) is 4.40. The highest BCUT2D eigenvalue weighted by Crippen LogP contribution is 2.32. The van der Waals surface area contributed by atoms with Crippen molar-refractivity contribution in [1.29, 1.82) is 0 Å². The predicted octanol–water partition coefficient (Wildman–Crippen LogP) is 2.79. The Kier molecular flexibility index (Phi) is 4.06. The molecule has 0 bridgehead atoms. The Balaban J connectivity index is 2.91. The first-order valence-corrected chi connectivity index (χ1v) is 6.39. The number of benzene rings is 1. The second-order valence-electron chi connectivity index (χ2n) is 3.34. The molecular weight excluding hydrogens is 281 g/mol. The Morgan fingerprint density at radius 1 is 1.29 bits per heavy atom. The molecule has 1 aromatic rings. The van der Waals surface area contributed by atoms with Gasteiger partial charge in [-0.25, -0.2) is 0 Å². The Morgan fingerprint density at radius 2 is 1.88 bits per heavy atom. The molecule has 0 spiro atoms. The van der Waals surface area contributed by atoms with E-state index < -0.39 is 27.6 Å². The molecule has 96 valence electrons. The van der Waals surface area contributed by atoms with E-state index in [-0.39, 0.29) is 17.0 Å². The third-order valence-corrected chi connectivity index (χ3v) is 3.08. The van der Waals surface area contributed by atoms with E-state index >= 15 is 0 Å². The molecule has 0 atom stereocenters. The Bertz CT molecular complexity index is 511. The third kappa shape index (κ3) is 4.53. The second-order valence-corrected chi connectivity index (χ2v) is 5.32. The highest BCUT2D eigenvalue weighted by atomic mass is 35.5. The first-order chi connectivity index (χ1) is 7.59. The molecule has 1 rings (SSSR count). The Labute approximate surface area is 101 Å². The normalized spacial score (nSPS) is 12.8. The van der Waals surface area contributed by atoms with Gasteiger partial charge in [0.15, 0.2) is 0 Å². The summed E-state index contributed by atoms with van der Waals surface area (Å²) in [5.74, 6) is -0.585. The van der Waals surface area contributed by atoms with E-state index in [0.717, 1.165) is 18.2 Å². The zero-order chi connectivity index (χ0) is 13.3. The van der Waals surface area contributed by atoms with Gasteiger partial charge in [0.25, 0.3) is 10.1 Å². The minimum atomic E-state index is -4.49. The van der Waals surface area contributed by atoms with Crippen molar-refractivity contribution in [2.45, 2.75) is 12.6 Å². The lowest BCUT2D eigenvalue weighted by molar-refractivity contribution is -0.137. The van der Waals surface area contributed by atoms with Crippen LogP contribution in [0.3, 0.4) is 0 Å². The fraction of sp³-hybridized carbons (Fsp3) is 0.333. The lowest BCUT2D eigenvalue weighted by atomic mass is 10.1. The van der Waals surface area contributed by atoms with Crippen LogP contribution in [0.2, 0.25) is 5.02 Å². The highest BCUT2D eigenvalue weighted by Gasteiger charge is 2.30. The van der Waals surface area contributed by atoms with Crippen LogP contribution in [0.4, 0.5) is 13.2 Å². The van der Waals surface area contributed by atoms with Crippen molar-refractivity contribution in [3.8, 4) is 0 Å². The maximum absolute atomic E-state index is 12.3. The van der Waals surface area contributed by atoms with E-state index in [4.69, 9.17) is 16.2 Å². The summed E-state index contributed by atoms with van der Waals surface area (Å²) in [6.07, 6.45) is -4.64. The van der Waals surface area contributed by atoms with Crippen LogP contribution in [0.1, 0.15) is 11.1 Å². The average molecular weight is 289 g/mol. The van der Waals surface area contributed by atoms with E-state index in [2.05, 4.69) is 0 Å². The topological polar surface area (TPSA) is 54.4 Å². The van der Waals surface area contributed by atoms with Crippen molar-refractivity contribution < 1.29 is 26.1 Å². The largest absolute Gasteiger partial charge is 0.416 e. The molecule has 0 aliphatic carbocycles. The summed E-state index contributed by atoms with van der Waals surface area (Å²) in [6.45, 7) is 0. The molecule has 0 fully saturated rings. The van der Waals surface area contributed by atoms with Gasteiger partial charge in [0.2, 0.25) is 0 Å². The van der Waals surface area contributed by atoms with Crippen LogP contribution in [0.25, 0.3) is 0 Å². The summed E-state index contributed by atoms with van der Waals surface area (Å²) < 4.78 is 66.3. The maximum atomic E-state index is 12.3. The lowest BCUT2D eigenvalue weighted by Gasteiger charge is -2.09. The van der Waals surface area contributed by atoms with Crippen LogP contribution in [0.5, 0.6) is 0 Å². The molecule has 1 aromatic carbocycles. The van der Waals surface area contributed by atoms with Crippen LogP contribution in [-0.4, -0.2) is 18.7 Å². The highest BCUT2D eigenvalue weighted by molar-refractivity contribution is 7.85. The van der Waals surface area contributed by atoms with Gasteiger partial charge in [-0.3, -0.25) is 4.55 Å². The second kappa shape index (κ2) is 4.83. The van der Waals surface area contributed by atoms with E-state index in [1.54, 1.807) is 0 Å². The molecule has 0 aliphatic rings. The molecule has 0 saturated heterocycles. The molecule has 0 amide bonds. The SMILES string of the molecule is O=S(=O)(O)CCc1ccc(C(F)(F)F)cc1Cl. The minimum absolute atomic E-state index is 0.143. The van der Waals surface area contributed by atoms with Crippen molar-refractivity contribution in [1.82, 2.24) is 0 Å². The molecule has 0 aromatic heterocycles. The fourth-order valence-electron chi connectivity index (χ4n) is 1.17. The van der Waals surface area contributed by atoms with Crippen LogP contribution in [0.15, 0.2) is 18.2 Å². The summed E-state index contributed by atoms with van der Waals surface area (Å²) in [5, 5.41) is -0.177. The number of hydrogen-bond donors (Lipinski definition) is 1. The van der Waals surface area contributed by atoms with Crippen LogP contribution < -0.4 is 0 Å². The van der Waals surface area contributed by atoms with E-state index in [1.807, 2.05) is 0 Å². The van der Waals surface area contributed by atoms with Gasteiger partial charge in [-0.05, 0) is 24.1 Å². The van der Waals surface area contributed by atoms with Gasteiger partial charge in [-0.1, -0.05) is 17.7 Å². The fourth-order valence-corrected chi connectivity index (χ4v) is 1.92. The monoisotopic (exact) mass is 288 g/mol. The summed E-state index contributed by atoms with van der Waals surface area (Å²) >= 11 is 5.59. The molecule has 0 heterocycles. The van der Waals surface area contributed by atoms with E-state index in [1.165, 1.54) is 0 Å². The molecule has 17 heavy (non-hydrogen) atoms. The van der Waals surface area contributed by atoms with Gasteiger partial charge >= 0.3 is 6.18 Å². The van der Waals surface area contributed by atoms with Crippen LogP contribution in [-0.2, 0) is 22.7 Å². The maximum Gasteiger partial charge on any atom is 0.416 e. The number of aryl methyl sites for hydroxylation is 1. The van der Waals surface area contributed by atoms with Crippen molar-refractivity contribution in [2.75, 3.05) is 5.75 Å². The number of halogens is 4. The molecule has 0 aliphatic heterocycles. The van der Waals surface area contributed by atoms with Gasteiger partial charge < -0.3 is 0 Å². The standard InChI is InChI=1S/C9H8ClF3O3S/c10-8-5-7(9(11,12)13)2-1-6(8)3-4-17(14,15)16/h1-2,5H,3-4H2,(H,14,15,16). The number of hydrogen-bond acceptors (Lipinski definition) is 2. The zero-order valence-electron chi connectivity index (χ0n) is 8.33. The van der Waals surface area contributed by atoms with Crippen molar-refractivity contribution in [3.05, 3.63) is 34.3 Å². The summed E-state index contributed by atoms with van der Waals surface area (Å²) in [4.78, 5) is 0. The molecule has 8 heteroatoms. The van der Waals surface area contributed by atoms with E-state index in [0.29, 0.717) is 0 Å². The predicted molar refractivity (Wildman–Crippen MR) is 56.6 cm³/mol. The van der Waals surface area contributed by atoms with Crippen LogP contribution in [0, 0.1) is 0 Å². The summed E-state index contributed by atoms with van der Waals surface area (Å²) in [7, 11) is -4.16. The van der Waals surface area contributed by atoms with Crippen molar-refractivity contribution in [3.63, 3.8) is 0 Å². The molecule has 0 radical (unpaired) electrons. The Morgan fingerprint density at radius 3 is 2.29 bits per heavy atom. The third-order valence-electron chi connectivity index (χ3n) is 2.01. The number of rotatable bonds is 3. The average Bonchev–Trinajstić information content (AvgIpc) is 2.12. The minimum Gasteiger partial charge on any atom is -0.286 e. The van der Waals surface area contributed by atoms with Gasteiger partial charge in [-0.15, -0.1) is 0 Å². The van der Waals surface area contributed by atoms with Crippen molar-refractivity contribution >= 4 is 21.7 Å². The van der Waals surface area contributed by atoms with Gasteiger partial charge in [0.1, 0.15) is 0 Å². The molecule has 0 saturated carbocycles. The molecule has 1 N–H and O–H groups in total. The van der Waals surface area contributed by atoms with E-state index in [9.17, 15) is 21.6 Å². The Hall–Kier alpha value is -0.790. The van der Waals surface area contributed by atoms with Crippen molar-refractivity contribution in [2.24, 2.45) is 0 Å². The zero-order valence-corrected chi connectivity index (χ0v) is 9.90. The molecule has 0 unspecified atom stereocenters. The first kappa shape index (κ1) is 14.3. The van der Waals surface area contributed by atoms with Crippen LogP contribution >= 0.6 is 11.6 Å². The number of alkyl halides is 3. The van der Waals surface area contributed by atoms with Gasteiger partial charge in [0, 0.05) is 5.02 Å². The van der Waals surface area contributed by atoms with Gasteiger partial charge in [-0.2, -0.15) is 21.6 Å². The quantitative estimate of drug-likeness (QED) is 0.870. The molecule has 3 nitrogen and oxygen atoms in total.